The second-order valence-corrected chi connectivity index (χ2v) is 6.73. The second kappa shape index (κ2) is 3.48. The molecular weight excluding hydrogens is 232 g/mol. The van der Waals surface area contributed by atoms with Gasteiger partial charge in [-0.05, 0) is 31.6 Å². The van der Waals surface area contributed by atoms with Crippen molar-refractivity contribution in [3.05, 3.63) is 0 Å². The Hall–Kier alpha value is -0.610. The molecule has 2 saturated carbocycles. The Morgan fingerprint density at radius 1 is 1.39 bits per heavy atom. The molecule has 0 aromatic rings. The number of hydrogen-bond donors (Lipinski definition) is 2. The summed E-state index contributed by atoms with van der Waals surface area (Å²) in [6.07, 6.45) is 3.02. The van der Waals surface area contributed by atoms with E-state index < -0.39 is 16.4 Å². The third-order valence-electron chi connectivity index (χ3n) is 6.38. The van der Waals surface area contributed by atoms with Gasteiger partial charge < -0.3 is 14.9 Å². The van der Waals surface area contributed by atoms with Crippen molar-refractivity contribution in [3.63, 3.8) is 0 Å². The Balaban J connectivity index is 2.11. The number of esters is 1. The van der Waals surface area contributed by atoms with Crippen LogP contribution in [-0.4, -0.2) is 35.0 Å². The number of fused-ring (bicyclic) bond motifs is 3. The summed E-state index contributed by atoms with van der Waals surface area (Å²) in [7, 11) is 0. The smallest absolute Gasteiger partial charge is 0.309 e. The Morgan fingerprint density at radius 3 is 2.78 bits per heavy atom. The molecule has 5 atom stereocenters. The summed E-state index contributed by atoms with van der Waals surface area (Å²) in [5.41, 5.74) is -1.95. The van der Waals surface area contributed by atoms with Gasteiger partial charge in [0.25, 0.3) is 0 Å². The number of ether oxygens (including phenoxy) is 1. The van der Waals surface area contributed by atoms with Crippen molar-refractivity contribution in [3.8, 4) is 0 Å². The van der Waals surface area contributed by atoms with Crippen LogP contribution in [0.2, 0.25) is 0 Å². The number of aliphatic hydroxyl groups excluding tert-OH is 1. The monoisotopic (exact) mass is 254 g/mol. The topological polar surface area (TPSA) is 66.8 Å². The summed E-state index contributed by atoms with van der Waals surface area (Å²) >= 11 is 0. The summed E-state index contributed by atoms with van der Waals surface area (Å²) in [5, 5.41) is 21.2. The van der Waals surface area contributed by atoms with Crippen LogP contribution in [0.15, 0.2) is 0 Å². The zero-order chi connectivity index (χ0) is 13.2. The minimum absolute atomic E-state index is 0.00116. The summed E-state index contributed by atoms with van der Waals surface area (Å²) < 4.78 is 5.22. The zero-order valence-electron chi connectivity index (χ0n) is 11.1. The predicted octanol–water partition coefficient (Wildman–Crippen LogP) is 1.10. The molecule has 1 saturated heterocycles. The molecule has 1 heterocycles. The second-order valence-electron chi connectivity index (χ2n) is 6.73. The van der Waals surface area contributed by atoms with Crippen LogP contribution in [0.5, 0.6) is 0 Å². The average Bonchev–Trinajstić information content (AvgIpc) is 2.79. The quantitative estimate of drug-likeness (QED) is 0.688. The van der Waals surface area contributed by atoms with E-state index in [0.29, 0.717) is 18.9 Å². The van der Waals surface area contributed by atoms with Gasteiger partial charge >= 0.3 is 5.97 Å². The molecule has 2 N–H and O–H groups in total. The normalized spacial score (nSPS) is 55.0. The molecule has 0 aromatic heterocycles. The summed E-state index contributed by atoms with van der Waals surface area (Å²) in [6.45, 7) is 4.36. The maximum absolute atomic E-state index is 11.8. The van der Waals surface area contributed by atoms with Crippen LogP contribution < -0.4 is 0 Å². The van der Waals surface area contributed by atoms with Gasteiger partial charge in [0.1, 0.15) is 6.61 Å². The molecule has 4 nitrogen and oxygen atoms in total. The van der Waals surface area contributed by atoms with E-state index in [2.05, 4.69) is 6.92 Å². The number of carbonyl (C=O) groups is 1. The number of hydrogen-bond acceptors (Lipinski definition) is 4. The molecule has 3 fully saturated rings. The minimum atomic E-state index is -0.969. The maximum atomic E-state index is 11.8. The fraction of sp³-hybridized carbons (Fsp3) is 0.929. The Bertz CT molecular complexity index is 395. The molecule has 0 aromatic carbocycles. The first-order valence-electron chi connectivity index (χ1n) is 6.91. The highest BCUT2D eigenvalue weighted by molar-refractivity contribution is 5.76. The first-order chi connectivity index (χ1) is 8.41. The van der Waals surface area contributed by atoms with E-state index >= 15 is 0 Å². The molecule has 3 aliphatic rings. The lowest BCUT2D eigenvalue weighted by Crippen LogP contribution is -2.64. The molecule has 0 unspecified atom stereocenters. The van der Waals surface area contributed by atoms with Crippen LogP contribution in [0, 0.1) is 22.7 Å². The lowest BCUT2D eigenvalue weighted by Gasteiger charge is -2.57. The Labute approximate surface area is 107 Å². The van der Waals surface area contributed by atoms with Crippen molar-refractivity contribution in [2.45, 2.75) is 45.1 Å². The maximum Gasteiger partial charge on any atom is 0.309 e. The van der Waals surface area contributed by atoms with Crippen molar-refractivity contribution in [2.75, 3.05) is 13.2 Å². The Morgan fingerprint density at radius 2 is 2.11 bits per heavy atom. The van der Waals surface area contributed by atoms with Gasteiger partial charge in [-0.15, -0.1) is 0 Å². The van der Waals surface area contributed by atoms with E-state index in [-0.39, 0.29) is 18.5 Å². The van der Waals surface area contributed by atoms with Crippen molar-refractivity contribution in [1.82, 2.24) is 0 Å². The zero-order valence-corrected chi connectivity index (χ0v) is 11.1. The molecule has 1 aliphatic heterocycles. The van der Waals surface area contributed by atoms with Gasteiger partial charge in [0, 0.05) is 10.8 Å². The van der Waals surface area contributed by atoms with Crippen molar-refractivity contribution in [2.24, 2.45) is 22.7 Å². The highest BCUT2D eigenvalue weighted by Gasteiger charge is 2.72. The van der Waals surface area contributed by atoms with Gasteiger partial charge in [0.05, 0.1) is 18.1 Å². The summed E-state index contributed by atoms with van der Waals surface area (Å²) in [5.74, 6) is -0.0783. The molecule has 18 heavy (non-hydrogen) atoms. The highest BCUT2D eigenvalue weighted by atomic mass is 16.5. The fourth-order valence-corrected chi connectivity index (χ4v) is 4.96. The van der Waals surface area contributed by atoms with Crippen LogP contribution in [0.3, 0.4) is 0 Å². The number of rotatable bonds is 1. The largest absolute Gasteiger partial charge is 0.465 e. The Kier molecular flexibility index (Phi) is 2.40. The predicted molar refractivity (Wildman–Crippen MR) is 64.7 cm³/mol. The first kappa shape index (κ1) is 12.4. The molecule has 4 heteroatoms. The lowest BCUT2D eigenvalue weighted by atomic mass is 9.49. The summed E-state index contributed by atoms with van der Waals surface area (Å²) in [4.78, 5) is 11.8. The van der Waals surface area contributed by atoms with Crippen molar-refractivity contribution in [1.29, 1.82) is 0 Å². The van der Waals surface area contributed by atoms with Gasteiger partial charge in [-0.25, -0.2) is 0 Å². The van der Waals surface area contributed by atoms with E-state index in [0.717, 1.165) is 19.3 Å². The molecule has 102 valence electrons. The van der Waals surface area contributed by atoms with Gasteiger partial charge in [-0.3, -0.25) is 4.79 Å². The van der Waals surface area contributed by atoms with Crippen LogP contribution in [0.1, 0.15) is 39.5 Å². The van der Waals surface area contributed by atoms with Gasteiger partial charge in [-0.1, -0.05) is 13.8 Å². The molecular formula is C14H22O4. The van der Waals surface area contributed by atoms with E-state index in [9.17, 15) is 15.0 Å². The number of cyclic esters (lactones) is 1. The molecule has 2 aliphatic carbocycles. The molecule has 0 bridgehead atoms. The van der Waals surface area contributed by atoms with Crippen LogP contribution in [0.25, 0.3) is 0 Å². The van der Waals surface area contributed by atoms with E-state index in [1.54, 1.807) is 0 Å². The molecule has 0 radical (unpaired) electrons. The molecule has 0 amide bonds. The molecule has 3 rings (SSSR count). The fourth-order valence-electron chi connectivity index (χ4n) is 4.96. The van der Waals surface area contributed by atoms with E-state index in [1.807, 2.05) is 6.92 Å². The number of aliphatic hydroxyl groups is 2. The number of carbonyl (C=O) groups excluding carboxylic acids is 1. The van der Waals surface area contributed by atoms with Gasteiger partial charge in [-0.2, -0.15) is 0 Å². The first-order valence-corrected chi connectivity index (χ1v) is 6.91. The third-order valence-corrected chi connectivity index (χ3v) is 6.38. The van der Waals surface area contributed by atoms with Crippen LogP contribution >= 0.6 is 0 Å². The van der Waals surface area contributed by atoms with Gasteiger partial charge in [0.2, 0.25) is 0 Å². The van der Waals surface area contributed by atoms with E-state index in [4.69, 9.17) is 4.74 Å². The summed E-state index contributed by atoms with van der Waals surface area (Å²) in [6, 6.07) is 0. The van der Waals surface area contributed by atoms with Crippen molar-refractivity contribution < 1.29 is 19.7 Å². The third kappa shape index (κ3) is 1.08. The average molecular weight is 254 g/mol. The minimum Gasteiger partial charge on any atom is -0.465 e. The molecule has 0 spiro atoms. The SMILES string of the molecule is C[C@@H]1CC[C@]2(O)[C@@]1(CO)CC[C@H]1C(=O)OC[C@]12C. The standard InChI is InChI=1S/C14H22O4/c1-9-3-6-14(17)12(2)8-18-11(16)10(12)4-5-13(9,14)7-15/h9-10,15,17H,3-8H2,1-2H3/t9-,10+,12-,13-,14-/m1/s1. The van der Waals surface area contributed by atoms with Crippen molar-refractivity contribution >= 4 is 5.97 Å². The van der Waals surface area contributed by atoms with Gasteiger partial charge in [0.15, 0.2) is 0 Å². The van der Waals surface area contributed by atoms with Crippen LogP contribution in [0.4, 0.5) is 0 Å². The lowest BCUT2D eigenvalue weighted by molar-refractivity contribution is -0.212. The van der Waals surface area contributed by atoms with E-state index in [1.165, 1.54) is 0 Å². The van der Waals surface area contributed by atoms with Crippen LogP contribution in [-0.2, 0) is 9.53 Å². The highest BCUT2D eigenvalue weighted by Crippen LogP contribution is 2.67.